The molecule has 1 amide bonds. The molecule has 1 saturated carbocycles. The summed E-state index contributed by atoms with van der Waals surface area (Å²) in [4.78, 5) is 16.6. The van der Waals surface area contributed by atoms with Crippen molar-refractivity contribution in [3.63, 3.8) is 0 Å². The van der Waals surface area contributed by atoms with Crippen LogP contribution in [0.15, 0.2) is 24.3 Å². The van der Waals surface area contributed by atoms with Gasteiger partial charge in [0.15, 0.2) is 0 Å². The number of hydrogen-bond acceptors (Lipinski definition) is 4. The standard InChI is InChI=1S/C26H43ClN2O3/c1-4-5-8-19-28(2)20-9-6-7-10-21-31-24-17-13-23(14-18-24)29(3)26(30)32-25-15-11-22(27)12-16-25/h11-12,15-16,23-24H,4-10,13-14,17-21H2,1-3H3. The molecule has 1 fully saturated rings. The quantitative estimate of drug-likeness (QED) is 0.283. The maximum atomic E-state index is 12.4. The number of carbonyl (C=O) groups is 1. The third-order valence-corrected chi connectivity index (χ3v) is 6.68. The predicted octanol–water partition coefficient (Wildman–Crippen LogP) is 6.78. The molecule has 0 unspecified atom stereocenters. The fourth-order valence-corrected chi connectivity index (χ4v) is 4.38. The molecular weight excluding hydrogens is 424 g/mol. The van der Waals surface area contributed by atoms with Gasteiger partial charge in [0.1, 0.15) is 5.75 Å². The predicted molar refractivity (Wildman–Crippen MR) is 133 cm³/mol. The molecule has 0 bridgehead atoms. The Morgan fingerprint density at radius 2 is 1.56 bits per heavy atom. The van der Waals surface area contributed by atoms with Crippen molar-refractivity contribution in [2.75, 3.05) is 33.8 Å². The van der Waals surface area contributed by atoms with E-state index in [2.05, 4.69) is 18.9 Å². The number of amides is 1. The van der Waals surface area contributed by atoms with Crippen LogP contribution in [-0.4, -0.2) is 61.8 Å². The average Bonchev–Trinajstić information content (AvgIpc) is 2.80. The minimum absolute atomic E-state index is 0.212. The lowest BCUT2D eigenvalue weighted by molar-refractivity contribution is 0.0104. The molecule has 32 heavy (non-hydrogen) atoms. The summed E-state index contributed by atoms with van der Waals surface area (Å²) < 4.78 is 11.6. The number of halogens is 1. The summed E-state index contributed by atoms with van der Waals surface area (Å²) in [5, 5.41) is 0.627. The summed E-state index contributed by atoms with van der Waals surface area (Å²) in [7, 11) is 4.06. The van der Waals surface area contributed by atoms with Crippen molar-refractivity contribution in [2.45, 2.75) is 89.7 Å². The summed E-state index contributed by atoms with van der Waals surface area (Å²) in [5.74, 6) is 0.520. The zero-order valence-corrected chi connectivity index (χ0v) is 21.1. The van der Waals surface area contributed by atoms with E-state index in [1.807, 2.05) is 7.05 Å². The molecule has 0 aromatic heterocycles. The summed E-state index contributed by atoms with van der Waals surface area (Å²) in [6.07, 6.45) is 12.9. The van der Waals surface area contributed by atoms with Gasteiger partial charge >= 0.3 is 6.09 Å². The Hall–Kier alpha value is -1.30. The van der Waals surface area contributed by atoms with Crippen LogP contribution in [-0.2, 0) is 4.74 Å². The molecule has 0 spiro atoms. The van der Waals surface area contributed by atoms with Crippen molar-refractivity contribution < 1.29 is 14.3 Å². The van der Waals surface area contributed by atoms with Crippen LogP contribution in [0, 0.1) is 0 Å². The molecule has 1 aromatic rings. The van der Waals surface area contributed by atoms with Crippen LogP contribution in [0.2, 0.25) is 5.02 Å². The third kappa shape index (κ3) is 10.5. The van der Waals surface area contributed by atoms with Crippen LogP contribution in [0.4, 0.5) is 4.79 Å². The van der Waals surface area contributed by atoms with Crippen molar-refractivity contribution in [1.82, 2.24) is 9.80 Å². The number of nitrogens with zero attached hydrogens (tertiary/aromatic N) is 2. The van der Waals surface area contributed by atoms with E-state index in [0.29, 0.717) is 16.9 Å². The second-order valence-corrected chi connectivity index (χ2v) is 9.60. The smallest absolute Gasteiger partial charge is 0.410 e. The highest BCUT2D eigenvalue weighted by atomic mass is 35.5. The second kappa shape index (κ2) is 15.5. The zero-order chi connectivity index (χ0) is 23.2. The van der Waals surface area contributed by atoms with E-state index in [1.165, 1.54) is 51.6 Å². The highest BCUT2D eigenvalue weighted by molar-refractivity contribution is 6.30. The van der Waals surface area contributed by atoms with Crippen LogP contribution < -0.4 is 4.74 Å². The van der Waals surface area contributed by atoms with Gasteiger partial charge in [0.05, 0.1) is 6.10 Å². The first-order valence-corrected chi connectivity index (χ1v) is 12.9. The lowest BCUT2D eigenvalue weighted by Gasteiger charge is -2.34. The van der Waals surface area contributed by atoms with Gasteiger partial charge in [-0.3, -0.25) is 0 Å². The Balaban J connectivity index is 1.50. The summed E-state index contributed by atoms with van der Waals surface area (Å²) in [6, 6.07) is 7.08. The highest BCUT2D eigenvalue weighted by Crippen LogP contribution is 2.26. The molecule has 0 atom stereocenters. The summed E-state index contributed by atoms with van der Waals surface area (Å²) in [6.45, 7) is 5.55. The molecule has 1 aliphatic carbocycles. The van der Waals surface area contributed by atoms with Crippen molar-refractivity contribution in [2.24, 2.45) is 0 Å². The van der Waals surface area contributed by atoms with E-state index < -0.39 is 0 Å². The van der Waals surface area contributed by atoms with Crippen molar-refractivity contribution in [3.8, 4) is 5.75 Å². The van der Waals surface area contributed by atoms with E-state index in [1.54, 1.807) is 29.2 Å². The van der Waals surface area contributed by atoms with Crippen LogP contribution in [0.25, 0.3) is 0 Å². The van der Waals surface area contributed by atoms with Gasteiger partial charge in [-0.15, -0.1) is 0 Å². The molecule has 0 radical (unpaired) electrons. The van der Waals surface area contributed by atoms with Crippen molar-refractivity contribution in [3.05, 3.63) is 29.3 Å². The summed E-state index contributed by atoms with van der Waals surface area (Å²) >= 11 is 5.88. The minimum atomic E-state index is -0.312. The van der Waals surface area contributed by atoms with Gasteiger partial charge in [0.25, 0.3) is 0 Å². The van der Waals surface area contributed by atoms with Gasteiger partial charge in [-0.2, -0.15) is 0 Å². The lowest BCUT2D eigenvalue weighted by Crippen LogP contribution is -2.42. The molecule has 0 saturated heterocycles. The maximum Gasteiger partial charge on any atom is 0.415 e. The van der Waals surface area contributed by atoms with Gasteiger partial charge < -0.3 is 19.3 Å². The third-order valence-electron chi connectivity index (χ3n) is 6.43. The number of carbonyl (C=O) groups excluding carboxylic acids is 1. The van der Waals surface area contributed by atoms with Gasteiger partial charge in [-0.1, -0.05) is 44.2 Å². The Morgan fingerprint density at radius 1 is 0.938 bits per heavy atom. The van der Waals surface area contributed by atoms with Gasteiger partial charge in [0.2, 0.25) is 0 Å². The fraction of sp³-hybridized carbons (Fsp3) is 0.731. The van der Waals surface area contributed by atoms with Crippen molar-refractivity contribution in [1.29, 1.82) is 0 Å². The molecule has 1 aliphatic rings. The molecule has 0 heterocycles. The van der Waals surface area contributed by atoms with E-state index >= 15 is 0 Å². The Morgan fingerprint density at radius 3 is 2.22 bits per heavy atom. The molecule has 182 valence electrons. The molecule has 0 N–H and O–H groups in total. The van der Waals surface area contributed by atoms with Crippen molar-refractivity contribution >= 4 is 17.7 Å². The summed E-state index contributed by atoms with van der Waals surface area (Å²) in [5.41, 5.74) is 0. The number of ether oxygens (including phenoxy) is 2. The highest BCUT2D eigenvalue weighted by Gasteiger charge is 2.27. The molecule has 0 aliphatic heterocycles. The largest absolute Gasteiger partial charge is 0.415 e. The van der Waals surface area contributed by atoms with Crippen LogP contribution in [0.5, 0.6) is 5.75 Å². The van der Waals surface area contributed by atoms with Crippen LogP contribution in [0.1, 0.15) is 77.6 Å². The minimum Gasteiger partial charge on any atom is -0.410 e. The Bertz CT molecular complexity index is 632. The normalized spacial score (nSPS) is 18.7. The van der Waals surface area contributed by atoms with E-state index in [9.17, 15) is 4.79 Å². The molecular formula is C26H43ClN2O3. The number of hydrogen-bond donors (Lipinski definition) is 0. The SMILES string of the molecule is CCCCCN(C)CCCCCCOC1CCC(N(C)C(=O)Oc2ccc(Cl)cc2)CC1. The second-order valence-electron chi connectivity index (χ2n) is 9.16. The van der Waals surface area contributed by atoms with E-state index in [4.69, 9.17) is 21.1 Å². The van der Waals surface area contributed by atoms with E-state index in [0.717, 1.165) is 38.7 Å². The average molecular weight is 467 g/mol. The Kier molecular flexibility index (Phi) is 13.1. The lowest BCUT2D eigenvalue weighted by atomic mass is 9.92. The van der Waals surface area contributed by atoms with E-state index in [-0.39, 0.29) is 12.1 Å². The topological polar surface area (TPSA) is 42.0 Å². The molecule has 2 rings (SSSR count). The zero-order valence-electron chi connectivity index (χ0n) is 20.4. The van der Waals surface area contributed by atoms with Gasteiger partial charge in [-0.05, 0) is 89.3 Å². The van der Waals surface area contributed by atoms with Crippen LogP contribution in [0.3, 0.4) is 0 Å². The number of rotatable bonds is 14. The van der Waals surface area contributed by atoms with Crippen LogP contribution >= 0.6 is 11.6 Å². The number of unbranched alkanes of at least 4 members (excludes halogenated alkanes) is 5. The first kappa shape index (κ1) is 26.9. The molecule has 5 nitrogen and oxygen atoms in total. The fourth-order valence-electron chi connectivity index (χ4n) is 4.25. The first-order valence-electron chi connectivity index (χ1n) is 12.5. The monoisotopic (exact) mass is 466 g/mol. The maximum absolute atomic E-state index is 12.4. The molecule has 6 heteroatoms. The Labute approximate surface area is 200 Å². The number of benzene rings is 1. The van der Waals surface area contributed by atoms with Gasteiger partial charge in [-0.25, -0.2) is 4.79 Å². The molecule has 1 aromatic carbocycles. The first-order chi connectivity index (χ1) is 15.5. The van der Waals surface area contributed by atoms with Gasteiger partial charge in [0, 0.05) is 24.7 Å².